The van der Waals surface area contributed by atoms with E-state index in [0.29, 0.717) is 17.7 Å². The predicted octanol–water partition coefficient (Wildman–Crippen LogP) is 0.858. The lowest BCUT2D eigenvalue weighted by molar-refractivity contribution is 0.487. The summed E-state index contributed by atoms with van der Waals surface area (Å²) in [6, 6.07) is 0.377. The Morgan fingerprint density at radius 1 is 1.41 bits per heavy atom. The van der Waals surface area contributed by atoms with Crippen LogP contribution in [0.5, 0.6) is 0 Å². The number of nitrogens with one attached hydrogen (secondary N) is 2. The van der Waals surface area contributed by atoms with E-state index in [0.717, 1.165) is 25.0 Å². The fourth-order valence-electron chi connectivity index (χ4n) is 2.27. The molecule has 0 saturated carbocycles. The molecule has 1 aliphatic rings. The first-order valence-electron chi connectivity index (χ1n) is 5.77. The Bertz CT molecular complexity index is 507. The van der Waals surface area contributed by atoms with Crippen molar-refractivity contribution in [2.24, 2.45) is 0 Å². The maximum Gasteiger partial charge on any atom is 0.197 e. The zero-order valence-electron chi connectivity index (χ0n) is 9.64. The lowest BCUT2D eigenvalue weighted by atomic mass is 9.92. The molecule has 0 spiro atoms. The van der Waals surface area contributed by atoms with Gasteiger partial charge in [0, 0.05) is 23.5 Å². The standard InChI is InChI=1S/C11H14N6/c1-12-8-3-2-4-9-7(8)5-13-10(16-9)11-14-6-15-17-11/h5-6,8,12H,2-4H2,1H3,(H,14,15,17). The van der Waals surface area contributed by atoms with Gasteiger partial charge in [0.15, 0.2) is 11.6 Å². The summed E-state index contributed by atoms with van der Waals surface area (Å²) in [4.78, 5) is 13.0. The molecule has 1 aliphatic carbocycles. The fourth-order valence-corrected chi connectivity index (χ4v) is 2.27. The Labute approximate surface area is 98.9 Å². The van der Waals surface area contributed by atoms with Gasteiger partial charge in [-0.1, -0.05) is 0 Å². The third-order valence-corrected chi connectivity index (χ3v) is 3.16. The Kier molecular flexibility index (Phi) is 2.56. The van der Waals surface area contributed by atoms with E-state index >= 15 is 0 Å². The lowest BCUT2D eigenvalue weighted by Crippen LogP contribution is -2.23. The van der Waals surface area contributed by atoms with Gasteiger partial charge in [-0.3, -0.25) is 5.10 Å². The molecule has 0 amide bonds. The molecule has 88 valence electrons. The van der Waals surface area contributed by atoms with Crippen LogP contribution < -0.4 is 5.32 Å². The summed E-state index contributed by atoms with van der Waals surface area (Å²) < 4.78 is 0. The molecule has 2 aromatic heterocycles. The molecule has 2 heterocycles. The number of aromatic amines is 1. The zero-order chi connectivity index (χ0) is 11.7. The summed E-state index contributed by atoms with van der Waals surface area (Å²) in [6.07, 6.45) is 6.69. The molecular weight excluding hydrogens is 216 g/mol. The highest BCUT2D eigenvalue weighted by molar-refractivity contribution is 5.43. The average Bonchev–Trinajstić information content (AvgIpc) is 2.91. The summed E-state index contributed by atoms with van der Waals surface area (Å²) in [5, 5.41) is 9.90. The quantitative estimate of drug-likeness (QED) is 0.799. The van der Waals surface area contributed by atoms with E-state index in [1.54, 1.807) is 0 Å². The van der Waals surface area contributed by atoms with E-state index in [2.05, 4.69) is 30.5 Å². The smallest absolute Gasteiger partial charge is 0.197 e. The van der Waals surface area contributed by atoms with E-state index in [9.17, 15) is 0 Å². The third-order valence-electron chi connectivity index (χ3n) is 3.16. The largest absolute Gasteiger partial charge is 0.313 e. The van der Waals surface area contributed by atoms with Gasteiger partial charge >= 0.3 is 0 Å². The minimum Gasteiger partial charge on any atom is -0.313 e. The second kappa shape index (κ2) is 4.21. The zero-order valence-corrected chi connectivity index (χ0v) is 9.64. The van der Waals surface area contributed by atoms with Crippen LogP contribution in [0.4, 0.5) is 0 Å². The first kappa shape index (κ1) is 10.3. The number of H-pyrrole nitrogens is 1. The van der Waals surface area contributed by atoms with Gasteiger partial charge in [-0.25, -0.2) is 15.0 Å². The second-order valence-corrected chi connectivity index (χ2v) is 4.16. The van der Waals surface area contributed by atoms with Gasteiger partial charge < -0.3 is 5.32 Å². The number of hydrogen-bond donors (Lipinski definition) is 2. The molecule has 0 bridgehead atoms. The molecule has 3 rings (SSSR count). The molecule has 2 N–H and O–H groups in total. The highest BCUT2D eigenvalue weighted by Crippen LogP contribution is 2.28. The summed E-state index contributed by atoms with van der Waals surface area (Å²) in [5.41, 5.74) is 2.33. The fraction of sp³-hybridized carbons (Fsp3) is 0.455. The number of hydrogen-bond acceptors (Lipinski definition) is 5. The van der Waals surface area contributed by atoms with Crippen molar-refractivity contribution in [2.45, 2.75) is 25.3 Å². The molecule has 6 nitrogen and oxygen atoms in total. The van der Waals surface area contributed by atoms with Crippen molar-refractivity contribution in [1.82, 2.24) is 30.5 Å². The van der Waals surface area contributed by atoms with Gasteiger partial charge in [0.25, 0.3) is 0 Å². The molecule has 0 fully saturated rings. The lowest BCUT2D eigenvalue weighted by Gasteiger charge is -2.23. The molecule has 1 unspecified atom stereocenters. The van der Waals surface area contributed by atoms with Gasteiger partial charge in [0.1, 0.15) is 6.33 Å². The summed E-state index contributed by atoms with van der Waals surface area (Å²) >= 11 is 0. The van der Waals surface area contributed by atoms with Crippen molar-refractivity contribution in [3.63, 3.8) is 0 Å². The van der Waals surface area contributed by atoms with Crippen molar-refractivity contribution in [3.8, 4) is 11.6 Å². The van der Waals surface area contributed by atoms with Gasteiger partial charge in [-0.2, -0.15) is 5.10 Å². The SMILES string of the molecule is CNC1CCCc2nc(-c3ncn[nH]3)ncc21. The summed E-state index contributed by atoms with van der Waals surface area (Å²) in [7, 11) is 1.98. The van der Waals surface area contributed by atoms with Crippen molar-refractivity contribution in [1.29, 1.82) is 0 Å². The monoisotopic (exact) mass is 230 g/mol. The average molecular weight is 230 g/mol. The topological polar surface area (TPSA) is 79.4 Å². The molecule has 6 heteroatoms. The van der Waals surface area contributed by atoms with Crippen LogP contribution in [0.3, 0.4) is 0 Å². The van der Waals surface area contributed by atoms with Crippen molar-refractivity contribution in [2.75, 3.05) is 7.05 Å². The van der Waals surface area contributed by atoms with Crippen molar-refractivity contribution in [3.05, 3.63) is 23.8 Å². The van der Waals surface area contributed by atoms with Crippen LogP contribution >= 0.6 is 0 Å². The molecule has 0 radical (unpaired) electrons. The molecule has 1 atom stereocenters. The molecule has 2 aromatic rings. The number of rotatable bonds is 2. The number of nitrogens with zero attached hydrogens (tertiary/aromatic N) is 4. The highest BCUT2D eigenvalue weighted by Gasteiger charge is 2.21. The van der Waals surface area contributed by atoms with Crippen LogP contribution in [0.1, 0.15) is 30.1 Å². The van der Waals surface area contributed by atoms with Crippen LogP contribution in [0.25, 0.3) is 11.6 Å². The van der Waals surface area contributed by atoms with E-state index in [-0.39, 0.29) is 0 Å². The van der Waals surface area contributed by atoms with E-state index in [1.165, 1.54) is 11.9 Å². The minimum absolute atomic E-state index is 0.377. The maximum absolute atomic E-state index is 4.57. The highest BCUT2D eigenvalue weighted by atomic mass is 15.2. The van der Waals surface area contributed by atoms with Crippen LogP contribution in [0.15, 0.2) is 12.5 Å². The molecule has 0 aromatic carbocycles. The van der Waals surface area contributed by atoms with Crippen LogP contribution in [-0.2, 0) is 6.42 Å². The first-order valence-corrected chi connectivity index (χ1v) is 5.77. The van der Waals surface area contributed by atoms with Gasteiger partial charge in [-0.15, -0.1) is 0 Å². The number of fused-ring (bicyclic) bond motifs is 1. The molecule has 0 aliphatic heterocycles. The Morgan fingerprint density at radius 2 is 2.35 bits per heavy atom. The number of aromatic nitrogens is 5. The minimum atomic E-state index is 0.377. The molecular formula is C11H14N6. The summed E-state index contributed by atoms with van der Waals surface area (Å²) in [5.74, 6) is 1.25. The van der Waals surface area contributed by atoms with E-state index in [4.69, 9.17) is 0 Å². The molecule has 17 heavy (non-hydrogen) atoms. The van der Waals surface area contributed by atoms with Crippen LogP contribution in [-0.4, -0.2) is 32.2 Å². The first-order chi connectivity index (χ1) is 8.38. The number of aryl methyl sites for hydroxylation is 1. The second-order valence-electron chi connectivity index (χ2n) is 4.16. The Balaban J connectivity index is 2.02. The molecule has 0 saturated heterocycles. The van der Waals surface area contributed by atoms with E-state index in [1.807, 2.05) is 13.2 Å². The van der Waals surface area contributed by atoms with Crippen LogP contribution in [0.2, 0.25) is 0 Å². The van der Waals surface area contributed by atoms with Gasteiger partial charge in [0.2, 0.25) is 0 Å². The maximum atomic E-state index is 4.57. The van der Waals surface area contributed by atoms with Crippen LogP contribution in [0, 0.1) is 0 Å². The summed E-state index contributed by atoms with van der Waals surface area (Å²) in [6.45, 7) is 0. The Hall–Kier alpha value is -1.82. The third kappa shape index (κ3) is 1.80. The normalized spacial score (nSPS) is 19.0. The van der Waals surface area contributed by atoms with Gasteiger partial charge in [-0.05, 0) is 26.3 Å². The Morgan fingerprint density at radius 3 is 3.12 bits per heavy atom. The van der Waals surface area contributed by atoms with E-state index < -0.39 is 0 Å². The van der Waals surface area contributed by atoms with Crippen molar-refractivity contribution < 1.29 is 0 Å². The van der Waals surface area contributed by atoms with Crippen molar-refractivity contribution >= 4 is 0 Å². The van der Waals surface area contributed by atoms with Gasteiger partial charge in [0.05, 0.1) is 0 Å². The predicted molar refractivity (Wildman–Crippen MR) is 62.1 cm³/mol.